The maximum Gasteiger partial charge on any atom is 0.264 e. The van der Waals surface area contributed by atoms with Gasteiger partial charge in [0.2, 0.25) is 0 Å². The number of amides is 1. The van der Waals surface area contributed by atoms with Crippen molar-refractivity contribution in [3.05, 3.63) is 83.4 Å². The molecule has 3 aromatic rings. The Kier molecular flexibility index (Phi) is 5.93. The number of anilines is 2. The molecule has 0 atom stereocenters. The van der Waals surface area contributed by atoms with Gasteiger partial charge < -0.3 is 9.64 Å². The van der Waals surface area contributed by atoms with Gasteiger partial charge in [-0.2, -0.15) is 0 Å². The van der Waals surface area contributed by atoms with Crippen molar-refractivity contribution in [3.8, 4) is 5.75 Å². The summed E-state index contributed by atoms with van der Waals surface area (Å²) in [6.07, 6.45) is 1.80. The maximum atomic E-state index is 13.5. The molecule has 1 amide bonds. The van der Waals surface area contributed by atoms with Crippen LogP contribution in [0.5, 0.6) is 5.75 Å². The number of fused-ring (bicyclic) bond motifs is 1. The van der Waals surface area contributed by atoms with Crippen molar-refractivity contribution in [1.82, 2.24) is 0 Å². The number of rotatable bonds is 5. The molecule has 0 saturated carbocycles. The lowest BCUT2D eigenvalue weighted by atomic mass is 10.00. The molecule has 0 radical (unpaired) electrons. The lowest BCUT2D eigenvalue weighted by molar-refractivity contribution is 0.0984. The predicted molar refractivity (Wildman–Crippen MR) is 126 cm³/mol. The van der Waals surface area contributed by atoms with Crippen molar-refractivity contribution in [2.24, 2.45) is 0 Å². The van der Waals surface area contributed by atoms with Crippen LogP contribution >= 0.6 is 0 Å². The minimum absolute atomic E-state index is 0.0603. The first kappa shape index (κ1) is 21.9. The number of sulfonamides is 1. The minimum Gasteiger partial charge on any atom is -0.495 e. The molecule has 0 spiro atoms. The van der Waals surface area contributed by atoms with Crippen molar-refractivity contribution < 1.29 is 17.9 Å². The predicted octanol–water partition coefficient (Wildman–Crippen LogP) is 4.42. The van der Waals surface area contributed by atoms with Crippen LogP contribution in [0.4, 0.5) is 11.4 Å². The highest BCUT2D eigenvalue weighted by Crippen LogP contribution is 2.32. The number of carbonyl (C=O) groups is 1. The van der Waals surface area contributed by atoms with Crippen LogP contribution in [0.25, 0.3) is 0 Å². The summed E-state index contributed by atoms with van der Waals surface area (Å²) in [6, 6.07) is 19.5. The molecular formula is C25H26N2O4S. The molecule has 166 valence electrons. The van der Waals surface area contributed by atoms with Crippen LogP contribution in [-0.2, 0) is 16.4 Å². The summed E-state index contributed by atoms with van der Waals surface area (Å²) in [7, 11) is -0.926. The first-order chi connectivity index (χ1) is 15.3. The summed E-state index contributed by atoms with van der Waals surface area (Å²) in [4.78, 5) is 15.3. The quantitative estimate of drug-likeness (QED) is 0.577. The van der Waals surface area contributed by atoms with Crippen LogP contribution in [0.2, 0.25) is 0 Å². The smallest absolute Gasteiger partial charge is 0.264 e. The van der Waals surface area contributed by atoms with Gasteiger partial charge in [0.05, 0.1) is 17.7 Å². The molecule has 7 heteroatoms. The van der Waals surface area contributed by atoms with E-state index in [1.807, 2.05) is 31.2 Å². The summed E-state index contributed by atoms with van der Waals surface area (Å²) in [5.41, 5.74) is 3.56. The Bertz CT molecular complexity index is 1270. The molecule has 0 aromatic heterocycles. The van der Waals surface area contributed by atoms with E-state index in [1.165, 1.54) is 30.6 Å². The van der Waals surface area contributed by atoms with Gasteiger partial charge in [-0.3, -0.25) is 9.10 Å². The Morgan fingerprint density at radius 3 is 2.53 bits per heavy atom. The van der Waals surface area contributed by atoms with Crippen LogP contribution in [-0.4, -0.2) is 35.0 Å². The molecule has 3 aromatic carbocycles. The van der Waals surface area contributed by atoms with E-state index in [9.17, 15) is 13.2 Å². The van der Waals surface area contributed by atoms with Crippen molar-refractivity contribution in [2.45, 2.75) is 24.7 Å². The van der Waals surface area contributed by atoms with Gasteiger partial charge in [0.15, 0.2) is 0 Å². The first-order valence-electron chi connectivity index (χ1n) is 10.5. The van der Waals surface area contributed by atoms with E-state index in [2.05, 4.69) is 0 Å². The number of hydrogen-bond acceptors (Lipinski definition) is 4. The van der Waals surface area contributed by atoms with Crippen molar-refractivity contribution in [1.29, 1.82) is 0 Å². The lowest BCUT2D eigenvalue weighted by Crippen LogP contribution is -2.36. The average Bonchev–Trinajstić information content (AvgIpc) is 2.82. The third-order valence-electron chi connectivity index (χ3n) is 5.88. The monoisotopic (exact) mass is 450 g/mol. The molecule has 0 fully saturated rings. The Balaban J connectivity index is 1.73. The van der Waals surface area contributed by atoms with E-state index in [4.69, 9.17) is 4.74 Å². The second kappa shape index (κ2) is 8.67. The summed E-state index contributed by atoms with van der Waals surface area (Å²) in [5.74, 6) is 0.263. The fraction of sp³-hybridized carbons (Fsp3) is 0.240. The number of methoxy groups -OCH3 is 1. The number of para-hydroxylation sites is 3. The zero-order valence-electron chi connectivity index (χ0n) is 18.4. The molecule has 0 bridgehead atoms. The summed E-state index contributed by atoms with van der Waals surface area (Å²) >= 11 is 0. The van der Waals surface area contributed by atoms with E-state index in [-0.39, 0.29) is 10.8 Å². The highest BCUT2D eigenvalue weighted by Gasteiger charge is 2.28. The first-order valence-corrected chi connectivity index (χ1v) is 11.9. The summed E-state index contributed by atoms with van der Waals surface area (Å²) in [5, 5.41) is 0. The van der Waals surface area contributed by atoms with Crippen LogP contribution in [0.3, 0.4) is 0 Å². The zero-order chi connectivity index (χ0) is 22.9. The Morgan fingerprint density at radius 2 is 1.75 bits per heavy atom. The van der Waals surface area contributed by atoms with E-state index >= 15 is 0 Å². The molecule has 0 aliphatic carbocycles. The van der Waals surface area contributed by atoms with Gasteiger partial charge >= 0.3 is 0 Å². The topological polar surface area (TPSA) is 66.9 Å². The molecule has 1 aliphatic heterocycles. The Morgan fingerprint density at radius 1 is 1.03 bits per heavy atom. The molecule has 32 heavy (non-hydrogen) atoms. The van der Waals surface area contributed by atoms with Crippen LogP contribution in [0.1, 0.15) is 27.9 Å². The normalized spacial score (nSPS) is 13.4. The molecule has 1 heterocycles. The molecule has 6 nitrogen and oxygen atoms in total. The molecule has 4 rings (SSSR count). The van der Waals surface area contributed by atoms with Crippen LogP contribution < -0.4 is 13.9 Å². The highest BCUT2D eigenvalue weighted by molar-refractivity contribution is 7.92. The van der Waals surface area contributed by atoms with E-state index < -0.39 is 10.0 Å². The second-order valence-corrected chi connectivity index (χ2v) is 9.78. The summed E-state index contributed by atoms with van der Waals surface area (Å²) < 4.78 is 33.3. The van der Waals surface area contributed by atoms with Crippen molar-refractivity contribution in [2.75, 3.05) is 29.9 Å². The van der Waals surface area contributed by atoms with Crippen molar-refractivity contribution >= 4 is 27.3 Å². The minimum atomic E-state index is -3.91. The van der Waals surface area contributed by atoms with E-state index in [0.29, 0.717) is 23.5 Å². The van der Waals surface area contributed by atoms with Crippen LogP contribution in [0.15, 0.2) is 71.6 Å². The van der Waals surface area contributed by atoms with Crippen molar-refractivity contribution in [3.63, 3.8) is 0 Å². The van der Waals surface area contributed by atoms with Gasteiger partial charge in [0, 0.05) is 24.8 Å². The molecular weight excluding hydrogens is 424 g/mol. The standard InChI is InChI=1S/C25H26N2O4S/c1-18-14-15-20(32(29,30)26(2)23-12-6-7-13-24(23)31-3)17-21(18)25(28)27-16-8-10-19-9-4-5-11-22(19)27/h4-7,9,11-15,17H,8,10,16H2,1-3H3. The number of carbonyl (C=O) groups excluding carboxylic acids is 1. The number of hydrogen-bond donors (Lipinski definition) is 0. The number of nitrogens with zero attached hydrogens (tertiary/aromatic N) is 2. The highest BCUT2D eigenvalue weighted by atomic mass is 32.2. The average molecular weight is 451 g/mol. The number of aryl methyl sites for hydroxylation is 2. The van der Waals surface area contributed by atoms with Gasteiger partial charge in [-0.05, 0) is 61.2 Å². The van der Waals surface area contributed by atoms with Gasteiger partial charge in [-0.25, -0.2) is 8.42 Å². The van der Waals surface area contributed by atoms with Gasteiger partial charge in [0.1, 0.15) is 5.75 Å². The third-order valence-corrected chi connectivity index (χ3v) is 7.65. The van der Waals surface area contributed by atoms with Crippen LogP contribution in [0, 0.1) is 6.92 Å². The van der Waals surface area contributed by atoms with Gasteiger partial charge in [-0.15, -0.1) is 0 Å². The Labute approximate surface area is 189 Å². The second-order valence-electron chi connectivity index (χ2n) is 7.81. The van der Waals surface area contributed by atoms with Gasteiger partial charge in [0.25, 0.3) is 15.9 Å². The molecule has 1 aliphatic rings. The Hall–Kier alpha value is -3.32. The lowest BCUT2D eigenvalue weighted by Gasteiger charge is -2.30. The zero-order valence-corrected chi connectivity index (χ0v) is 19.2. The molecule has 0 N–H and O–H groups in total. The SMILES string of the molecule is COc1ccccc1N(C)S(=O)(=O)c1ccc(C)c(C(=O)N2CCCc3ccccc32)c1. The van der Waals surface area contributed by atoms with Gasteiger partial charge in [-0.1, -0.05) is 36.4 Å². The number of benzene rings is 3. The number of ether oxygens (including phenoxy) is 1. The fourth-order valence-corrected chi connectivity index (χ4v) is 5.29. The van der Waals surface area contributed by atoms with E-state index in [1.54, 1.807) is 35.2 Å². The largest absolute Gasteiger partial charge is 0.495 e. The molecule has 0 unspecified atom stereocenters. The summed E-state index contributed by atoms with van der Waals surface area (Å²) in [6.45, 7) is 2.43. The molecule has 0 saturated heterocycles. The fourth-order valence-electron chi connectivity index (χ4n) is 4.06. The maximum absolute atomic E-state index is 13.5. The van der Waals surface area contributed by atoms with E-state index in [0.717, 1.165) is 29.7 Å². The third kappa shape index (κ3) is 3.84.